The first-order valence-corrected chi connectivity index (χ1v) is 10.3. The van der Waals surface area contributed by atoms with Gasteiger partial charge in [0.1, 0.15) is 5.82 Å². The lowest BCUT2D eigenvalue weighted by Gasteiger charge is -2.33. The van der Waals surface area contributed by atoms with Gasteiger partial charge in [-0.25, -0.2) is 4.68 Å². The summed E-state index contributed by atoms with van der Waals surface area (Å²) in [6.07, 6.45) is 2.16. The largest absolute Gasteiger partial charge is 0.304 e. The van der Waals surface area contributed by atoms with Crippen LogP contribution in [-0.4, -0.2) is 35.2 Å². The minimum absolute atomic E-state index is 0.0369. The second-order valence-corrected chi connectivity index (χ2v) is 7.36. The second-order valence-electron chi connectivity index (χ2n) is 7.36. The van der Waals surface area contributed by atoms with Gasteiger partial charge in [0.25, 0.3) is 0 Å². The molecule has 0 saturated heterocycles. The van der Waals surface area contributed by atoms with E-state index < -0.39 is 0 Å². The van der Waals surface area contributed by atoms with Gasteiger partial charge in [0, 0.05) is 37.2 Å². The van der Waals surface area contributed by atoms with E-state index in [9.17, 15) is 9.59 Å². The molecular formula is C25H24N4O2. The first-order valence-electron chi connectivity index (χ1n) is 10.3. The highest BCUT2D eigenvalue weighted by molar-refractivity contribution is 6.06. The molecule has 0 saturated carbocycles. The Hall–Kier alpha value is -3.85. The SMILES string of the molecule is CC#CC(=O)N(C)c1ccccc1C1CC(=O)N(CC)c2c1cnn2-c1ccccc1. The van der Waals surface area contributed by atoms with Crippen molar-refractivity contribution in [1.29, 1.82) is 0 Å². The summed E-state index contributed by atoms with van der Waals surface area (Å²) in [6.45, 7) is 4.17. The number of carbonyl (C=O) groups is 2. The molecule has 156 valence electrons. The molecule has 0 spiro atoms. The van der Waals surface area contributed by atoms with Gasteiger partial charge in [0.2, 0.25) is 5.91 Å². The van der Waals surface area contributed by atoms with Crippen LogP contribution in [0.25, 0.3) is 5.69 Å². The molecule has 6 heteroatoms. The molecule has 0 radical (unpaired) electrons. The van der Waals surface area contributed by atoms with Gasteiger partial charge in [0.05, 0.1) is 11.9 Å². The zero-order valence-corrected chi connectivity index (χ0v) is 17.9. The van der Waals surface area contributed by atoms with E-state index in [-0.39, 0.29) is 17.7 Å². The molecule has 6 nitrogen and oxygen atoms in total. The van der Waals surface area contributed by atoms with Gasteiger partial charge in [-0.05, 0) is 43.5 Å². The number of anilines is 2. The Kier molecular flexibility index (Phi) is 5.59. The second kappa shape index (κ2) is 8.49. The van der Waals surface area contributed by atoms with Crippen molar-refractivity contribution in [3.05, 3.63) is 71.9 Å². The highest BCUT2D eigenvalue weighted by atomic mass is 16.2. The zero-order chi connectivity index (χ0) is 22.0. The van der Waals surface area contributed by atoms with Gasteiger partial charge in [-0.3, -0.25) is 14.5 Å². The lowest BCUT2D eigenvalue weighted by atomic mass is 9.85. The van der Waals surface area contributed by atoms with Gasteiger partial charge in [-0.1, -0.05) is 42.3 Å². The van der Waals surface area contributed by atoms with E-state index in [0.717, 1.165) is 28.3 Å². The van der Waals surface area contributed by atoms with Crippen molar-refractivity contribution in [3.63, 3.8) is 0 Å². The standard InChI is InChI=1S/C25H24N4O2/c1-4-11-23(30)27(3)22-15-10-9-14-19(22)20-16-24(31)28(5-2)25-21(20)17-26-29(25)18-12-7-6-8-13-18/h6-10,12-15,17,20H,5,16H2,1-3H3. The Morgan fingerprint density at radius 2 is 1.84 bits per heavy atom. The van der Waals surface area contributed by atoms with Crippen molar-refractivity contribution in [2.24, 2.45) is 0 Å². The van der Waals surface area contributed by atoms with Crippen molar-refractivity contribution in [3.8, 4) is 17.5 Å². The monoisotopic (exact) mass is 412 g/mol. The molecule has 4 rings (SSSR count). The molecule has 1 unspecified atom stereocenters. The van der Waals surface area contributed by atoms with Crippen molar-refractivity contribution >= 4 is 23.3 Å². The van der Waals surface area contributed by atoms with Crippen molar-refractivity contribution in [2.45, 2.75) is 26.2 Å². The lowest BCUT2D eigenvalue weighted by molar-refractivity contribution is -0.119. The number of fused-ring (bicyclic) bond motifs is 1. The minimum atomic E-state index is -0.285. The fourth-order valence-corrected chi connectivity index (χ4v) is 4.13. The molecule has 0 N–H and O–H groups in total. The Bertz CT molecular complexity index is 1190. The topological polar surface area (TPSA) is 58.4 Å². The summed E-state index contributed by atoms with van der Waals surface area (Å²) in [5.41, 5.74) is 3.53. The average molecular weight is 412 g/mol. The number of nitrogens with zero attached hydrogens (tertiary/aromatic N) is 4. The quantitative estimate of drug-likeness (QED) is 0.614. The van der Waals surface area contributed by atoms with E-state index >= 15 is 0 Å². The van der Waals surface area contributed by atoms with Crippen LogP contribution in [0.2, 0.25) is 0 Å². The third-order valence-corrected chi connectivity index (χ3v) is 5.61. The van der Waals surface area contributed by atoms with Gasteiger partial charge in [-0.15, -0.1) is 0 Å². The minimum Gasteiger partial charge on any atom is -0.304 e. The summed E-state index contributed by atoms with van der Waals surface area (Å²) in [5, 5.41) is 4.64. The number of carbonyl (C=O) groups excluding carboxylic acids is 2. The third kappa shape index (κ3) is 3.59. The number of hydrogen-bond donors (Lipinski definition) is 0. The molecule has 0 fully saturated rings. The van der Waals surface area contributed by atoms with Crippen LogP contribution in [0.1, 0.15) is 37.3 Å². The molecular weight excluding hydrogens is 388 g/mol. The number of amides is 2. The molecule has 2 aromatic carbocycles. The van der Waals surface area contributed by atoms with Crippen molar-refractivity contribution < 1.29 is 9.59 Å². The number of rotatable bonds is 4. The summed E-state index contributed by atoms with van der Waals surface area (Å²) >= 11 is 0. The van der Waals surface area contributed by atoms with Gasteiger partial charge in [-0.2, -0.15) is 5.10 Å². The Morgan fingerprint density at radius 1 is 1.13 bits per heavy atom. The normalized spacial score (nSPS) is 15.1. The molecule has 2 heterocycles. The van der Waals surface area contributed by atoms with Crippen molar-refractivity contribution in [1.82, 2.24) is 9.78 Å². The first kappa shape index (κ1) is 20.4. The van der Waals surface area contributed by atoms with E-state index in [4.69, 9.17) is 0 Å². The molecule has 1 aromatic heterocycles. The number of benzene rings is 2. The molecule has 0 aliphatic carbocycles. The van der Waals surface area contributed by atoms with Crippen LogP contribution in [0.5, 0.6) is 0 Å². The summed E-state index contributed by atoms with van der Waals surface area (Å²) in [5.74, 6) is 5.58. The maximum absolute atomic E-state index is 13.2. The summed E-state index contributed by atoms with van der Waals surface area (Å²) in [4.78, 5) is 28.9. The van der Waals surface area contributed by atoms with E-state index in [1.165, 1.54) is 0 Å². The zero-order valence-electron chi connectivity index (χ0n) is 17.9. The van der Waals surface area contributed by atoms with E-state index in [0.29, 0.717) is 13.0 Å². The fourth-order valence-electron chi connectivity index (χ4n) is 4.13. The van der Waals surface area contributed by atoms with E-state index in [1.54, 1.807) is 23.8 Å². The van der Waals surface area contributed by atoms with Crippen LogP contribution in [0.15, 0.2) is 60.8 Å². The van der Waals surface area contributed by atoms with Crippen LogP contribution in [0.3, 0.4) is 0 Å². The molecule has 1 aliphatic rings. The Labute approximate surface area is 182 Å². The first-order chi connectivity index (χ1) is 15.1. The third-order valence-electron chi connectivity index (χ3n) is 5.61. The fraction of sp³-hybridized carbons (Fsp3) is 0.240. The predicted octanol–water partition coefficient (Wildman–Crippen LogP) is 3.75. The average Bonchev–Trinajstić information content (AvgIpc) is 3.24. The molecule has 1 atom stereocenters. The van der Waals surface area contributed by atoms with Gasteiger partial charge in [0.15, 0.2) is 0 Å². The maximum Gasteiger partial charge on any atom is 0.302 e. The van der Waals surface area contributed by atoms with Crippen LogP contribution >= 0.6 is 0 Å². The van der Waals surface area contributed by atoms with Crippen LogP contribution < -0.4 is 9.80 Å². The molecule has 1 aliphatic heterocycles. The molecule has 31 heavy (non-hydrogen) atoms. The Morgan fingerprint density at radius 3 is 2.55 bits per heavy atom. The number of aromatic nitrogens is 2. The van der Waals surface area contributed by atoms with Gasteiger partial charge >= 0.3 is 5.91 Å². The molecule has 3 aromatic rings. The summed E-state index contributed by atoms with van der Waals surface area (Å²) in [7, 11) is 1.71. The van der Waals surface area contributed by atoms with E-state index in [2.05, 4.69) is 16.9 Å². The molecule has 2 amide bonds. The van der Waals surface area contributed by atoms with Crippen LogP contribution in [-0.2, 0) is 9.59 Å². The van der Waals surface area contributed by atoms with Crippen LogP contribution in [0.4, 0.5) is 11.5 Å². The van der Waals surface area contributed by atoms with Crippen LogP contribution in [0, 0.1) is 11.8 Å². The summed E-state index contributed by atoms with van der Waals surface area (Å²) < 4.78 is 1.82. The summed E-state index contributed by atoms with van der Waals surface area (Å²) in [6, 6.07) is 17.5. The van der Waals surface area contributed by atoms with Crippen molar-refractivity contribution in [2.75, 3.05) is 23.4 Å². The van der Waals surface area contributed by atoms with E-state index in [1.807, 2.05) is 72.4 Å². The number of hydrogen-bond acceptors (Lipinski definition) is 3. The lowest BCUT2D eigenvalue weighted by Crippen LogP contribution is -2.38. The highest BCUT2D eigenvalue weighted by Crippen LogP contribution is 2.43. The smallest absolute Gasteiger partial charge is 0.302 e. The predicted molar refractivity (Wildman–Crippen MR) is 121 cm³/mol. The van der Waals surface area contributed by atoms with Gasteiger partial charge < -0.3 is 4.90 Å². The Balaban J connectivity index is 1.86. The molecule has 0 bridgehead atoms. The maximum atomic E-state index is 13.2. The highest BCUT2D eigenvalue weighted by Gasteiger charge is 2.36. The number of para-hydroxylation sites is 2.